The van der Waals surface area contributed by atoms with Gasteiger partial charge in [0.1, 0.15) is 11.5 Å². The molecule has 0 unspecified atom stereocenters. The zero-order chi connectivity index (χ0) is 15.5. The average molecular weight is 294 g/mol. The van der Waals surface area contributed by atoms with E-state index in [0.29, 0.717) is 29.3 Å². The molecule has 0 radical (unpaired) electrons. The van der Waals surface area contributed by atoms with Crippen molar-refractivity contribution < 1.29 is 19.0 Å². The fourth-order valence-corrected chi connectivity index (χ4v) is 2.44. The third-order valence-corrected chi connectivity index (χ3v) is 4.08. The molecule has 0 aliphatic heterocycles. The smallest absolute Gasteiger partial charge is 0.253 e. The number of hydrogen-bond donors (Lipinski definition) is 2. The first-order chi connectivity index (χ1) is 10.0. The molecule has 0 atom stereocenters. The number of anilines is 1. The molecule has 6 heteroatoms. The molecule has 3 N–H and O–H groups in total. The van der Waals surface area contributed by atoms with Crippen LogP contribution < -0.4 is 20.5 Å². The van der Waals surface area contributed by atoms with Gasteiger partial charge in [0, 0.05) is 19.7 Å². The topological polar surface area (TPSA) is 82.8 Å². The summed E-state index contributed by atoms with van der Waals surface area (Å²) in [4.78, 5) is 12.3. The van der Waals surface area contributed by atoms with E-state index in [1.807, 2.05) is 0 Å². The van der Waals surface area contributed by atoms with Crippen molar-refractivity contribution >= 4 is 11.6 Å². The van der Waals surface area contributed by atoms with E-state index in [4.69, 9.17) is 19.9 Å². The quantitative estimate of drug-likeness (QED) is 0.778. The van der Waals surface area contributed by atoms with Crippen LogP contribution in [0.2, 0.25) is 0 Å². The van der Waals surface area contributed by atoms with E-state index in [0.717, 1.165) is 19.3 Å². The minimum atomic E-state index is -0.256. The van der Waals surface area contributed by atoms with Crippen LogP contribution in [0.15, 0.2) is 12.1 Å². The minimum absolute atomic E-state index is 0.229. The molecule has 1 aliphatic rings. The minimum Gasteiger partial charge on any atom is -0.497 e. The molecule has 0 bridgehead atoms. The van der Waals surface area contributed by atoms with E-state index in [1.54, 1.807) is 19.2 Å². The van der Waals surface area contributed by atoms with Gasteiger partial charge in [0.15, 0.2) is 0 Å². The monoisotopic (exact) mass is 294 g/mol. The number of carbonyl (C=O) groups excluding carboxylic acids is 1. The average Bonchev–Trinajstić information content (AvgIpc) is 2.46. The van der Waals surface area contributed by atoms with Crippen LogP contribution >= 0.6 is 0 Å². The van der Waals surface area contributed by atoms with E-state index in [-0.39, 0.29) is 11.5 Å². The SMILES string of the molecule is COc1cc(OC)c(N)c(C(=O)NCC2(OC)CCC2)c1. The maximum absolute atomic E-state index is 12.3. The second kappa shape index (κ2) is 6.22. The van der Waals surface area contributed by atoms with Crippen molar-refractivity contribution in [3.05, 3.63) is 17.7 Å². The maximum atomic E-state index is 12.3. The summed E-state index contributed by atoms with van der Waals surface area (Å²) in [6, 6.07) is 3.25. The Labute approximate surface area is 124 Å². The molecular formula is C15H22N2O4. The Bertz CT molecular complexity index is 521. The number of methoxy groups -OCH3 is 3. The summed E-state index contributed by atoms with van der Waals surface area (Å²) in [6.45, 7) is 0.474. The van der Waals surface area contributed by atoms with Crippen LogP contribution in [0.3, 0.4) is 0 Å². The molecule has 0 aromatic heterocycles. The molecule has 116 valence electrons. The first kappa shape index (κ1) is 15.4. The van der Waals surface area contributed by atoms with Crippen LogP contribution in [0.25, 0.3) is 0 Å². The zero-order valence-corrected chi connectivity index (χ0v) is 12.7. The normalized spacial score (nSPS) is 16.0. The third-order valence-electron chi connectivity index (χ3n) is 4.08. The molecule has 0 saturated heterocycles. The van der Waals surface area contributed by atoms with Crippen molar-refractivity contribution in [3.63, 3.8) is 0 Å². The number of benzene rings is 1. The first-order valence-corrected chi connectivity index (χ1v) is 6.90. The van der Waals surface area contributed by atoms with Gasteiger partial charge in [-0.25, -0.2) is 0 Å². The highest BCUT2D eigenvalue weighted by atomic mass is 16.5. The molecule has 1 aromatic rings. The molecule has 1 aliphatic carbocycles. The summed E-state index contributed by atoms with van der Waals surface area (Å²) in [6.07, 6.45) is 3.04. The second-order valence-electron chi connectivity index (χ2n) is 5.21. The van der Waals surface area contributed by atoms with Gasteiger partial charge in [-0.3, -0.25) is 4.79 Å². The number of ether oxygens (including phenoxy) is 3. The first-order valence-electron chi connectivity index (χ1n) is 6.90. The van der Waals surface area contributed by atoms with Gasteiger partial charge >= 0.3 is 0 Å². The fraction of sp³-hybridized carbons (Fsp3) is 0.533. The molecule has 1 amide bonds. The Morgan fingerprint density at radius 3 is 2.48 bits per heavy atom. The lowest BCUT2D eigenvalue weighted by molar-refractivity contribution is -0.0679. The number of nitrogens with two attached hydrogens (primary N) is 1. The highest BCUT2D eigenvalue weighted by Gasteiger charge is 2.37. The van der Waals surface area contributed by atoms with Gasteiger partial charge in [-0.1, -0.05) is 0 Å². The van der Waals surface area contributed by atoms with Gasteiger partial charge in [-0.2, -0.15) is 0 Å². The standard InChI is InChI=1S/C15H22N2O4/c1-19-10-7-11(13(16)12(8-10)20-2)14(18)17-9-15(21-3)5-4-6-15/h7-8H,4-6,9,16H2,1-3H3,(H,17,18). The highest BCUT2D eigenvalue weighted by Crippen LogP contribution is 2.35. The van der Waals surface area contributed by atoms with Gasteiger partial charge in [0.05, 0.1) is 31.1 Å². The van der Waals surface area contributed by atoms with Crippen LogP contribution in [0, 0.1) is 0 Å². The van der Waals surface area contributed by atoms with Gasteiger partial charge in [-0.05, 0) is 25.3 Å². The predicted molar refractivity (Wildman–Crippen MR) is 79.9 cm³/mol. The molecule has 1 aromatic carbocycles. The number of hydrogen-bond acceptors (Lipinski definition) is 5. The fourth-order valence-electron chi connectivity index (χ4n) is 2.44. The Balaban J connectivity index is 2.14. The summed E-state index contributed by atoms with van der Waals surface area (Å²) in [5.41, 5.74) is 6.38. The van der Waals surface area contributed by atoms with Crippen LogP contribution in [-0.4, -0.2) is 39.4 Å². The van der Waals surface area contributed by atoms with E-state index in [9.17, 15) is 4.79 Å². The Morgan fingerprint density at radius 1 is 1.29 bits per heavy atom. The predicted octanol–water partition coefficient (Wildman–Crippen LogP) is 1.58. The Kier molecular flexibility index (Phi) is 4.57. The van der Waals surface area contributed by atoms with Gasteiger partial charge in [-0.15, -0.1) is 0 Å². The molecule has 0 heterocycles. The van der Waals surface area contributed by atoms with Crippen molar-refractivity contribution in [3.8, 4) is 11.5 Å². The van der Waals surface area contributed by atoms with Gasteiger partial charge in [0.2, 0.25) is 0 Å². The molecule has 1 saturated carbocycles. The number of rotatable bonds is 6. The van der Waals surface area contributed by atoms with Crippen LogP contribution in [0.1, 0.15) is 29.6 Å². The largest absolute Gasteiger partial charge is 0.497 e. The van der Waals surface area contributed by atoms with E-state index < -0.39 is 0 Å². The van der Waals surface area contributed by atoms with Gasteiger partial charge < -0.3 is 25.3 Å². The summed E-state index contributed by atoms with van der Waals surface area (Å²) >= 11 is 0. The lowest BCUT2D eigenvalue weighted by atomic mass is 9.80. The highest BCUT2D eigenvalue weighted by molar-refractivity contribution is 6.01. The van der Waals surface area contributed by atoms with Gasteiger partial charge in [0.25, 0.3) is 5.91 Å². The van der Waals surface area contributed by atoms with E-state index in [1.165, 1.54) is 14.2 Å². The number of nitrogens with one attached hydrogen (secondary N) is 1. The molecule has 2 rings (SSSR count). The summed E-state index contributed by atoms with van der Waals surface area (Å²) in [7, 11) is 4.70. The number of amides is 1. The van der Waals surface area contributed by atoms with Crippen molar-refractivity contribution in [1.82, 2.24) is 5.32 Å². The molecule has 21 heavy (non-hydrogen) atoms. The maximum Gasteiger partial charge on any atom is 0.253 e. The van der Waals surface area contributed by atoms with Crippen molar-refractivity contribution in [2.75, 3.05) is 33.6 Å². The van der Waals surface area contributed by atoms with Crippen LogP contribution in [0.4, 0.5) is 5.69 Å². The number of nitrogen functional groups attached to an aromatic ring is 1. The molecular weight excluding hydrogens is 272 g/mol. The Morgan fingerprint density at radius 2 is 2.00 bits per heavy atom. The summed E-state index contributed by atoms with van der Waals surface area (Å²) < 4.78 is 15.8. The molecule has 0 spiro atoms. The Hall–Kier alpha value is -1.95. The van der Waals surface area contributed by atoms with Crippen LogP contribution in [0.5, 0.6) is 11.5 Å². The summed E-state index contributed by atoms with van der Waals surface area (Å²) in [5, 5.41) is 2.88. The van der Waals surface area contributed by atoms with E-state index >= 15 is 0 Å². The van der Waals surface area contributed by atoms with Crippen molar-refractivity contribution in [2.45, 2.75) is 24.9 Å². The molecule has 6 nitrogen and oxygen atoms in total. The van der Waals surface area contributed by atoms with Crippen molar-refractivity contribution in [2.24, 2.45) is 0 Å². The van der Waals surface area contributed by atoms with E-state index in [2.05, 4.69) is 5.32 Å². The summed E-state index contributed by atoms with van der Waals surface area (Å²) in [5.74, 6) is 0.689. The molecule has 1 fully saturated rings. The van der Waals surface area contributed by atoms with Crippen LogP contribution in [-0.2, 0) is 4.74 Å². The third kappa shape index (κ3) is 3.05. The lowest BCUT2D eigenvalue weighted by Gasteiger charge is -2.40. The second-order valence-corrected chi connectivity index (χ2v) is 5.21. The number of carbonyl (C=O) groups is 1. The van der Waals surface area contributed by atoms with Crippen molar-refractivity contribution in [1.29, 1.82) is 0 Å². The lowest BCUT2D eigenvalue weighted by Crippen LogP contribution is -2.49. The zero-order valence-electron chi connectivity index (χ0n) is 12.7.